The van der Waals surface area contributed by atoms with Crippen molar-refractivity contribution in [1.82, 2.24) is 4.98 Å². The second-order valence-corrected chi connectivity index (χ2v) is 5.00. The van der Waals surface area contributed by atoms with Crippen molar-refractivity contribution in [2.75, 3.05) is 5.32 Å². The molecule has 1 amide bonds. The number of nitro groups is 1. The molecule has 6 nitrogen and oxygen atoms in total. The van der Waals surface area contributed by atoms with E-state index in [0.717, 1.165) is 0 Å². The molecule has 0 aliphatic heterocycles. The molecule has 0 atom stereocenters. The lowest BCUT2D eigenvalue weighted by Gasteiger charge is -2.07. The molecule has 1 heterocycles. The van der Waals surface area contributed by atoms with Gasteiger partial charge in [-0.05, 0) is 30.7 Å². The van der Waals surface area contributed by atoms with Gasteiger partial charge in [-0.25, -0.2) is 4.98 Å². The monoisotopic (exact) mass is 325 g/mol. The van der Waals surface area contributed by atoms with E-state index in [1.807, 2.05) is 0 Å². The van der Waals surface area contributed by atoms with Gasteiger partial charge in [0, 0.05) is 11.1 Å². The lowest BCUT2D eigenvalue weighted by molar-refractivity contribution is -0.385. The number of aryl methyl sites for hydroxylation is 1. The number of nitrogens with zero attached hydrogens (tertiary/aromatic N) is 2. The number of aromatic nitrogens is 1. The SMILES string of the molecule is Cc1cc(NC(=O)c2cc(Cl)ccc2[N+](=O)[O-])cnc1Cl. The molecule has 0 spiro atoms. The van der Waals surface area contributed by atoms with Crippen LogP contribution in [0.4, 0.5) is 11.4 Å². The van der Waals surface area contributed by atoms with Crippen molar-refractivity contribution in [2.45, 2.75) is 6.92 Å². The van der Waals surface area contributed by atoms with Crippen LogP contribution in [0, 0.1) is 17.0 Å². The molecular formula is C13H9Cl2N3O3. The topological polar surface area (TPSA) is 85.1 Å². The normalized spacial score (nSPS) is 10.2. The minimum atomic E-state index is -0.646. The number of carbonyl (C=O) groups is 1. The van der Waals surface area contributed by atoms with Gasteiger partial charge in [-0.1, -0.05) is 23.2 Å². The van der Waals surface area contributed by atoms with E-state index in [-0.39, 0.29) is 16.3 Å². The van der Waals surface area contributed by atoms with Gasteiger partial charge in [0.25, 0.3) is 11.6 Å². The molecule has 1 N–H and O–H groups in total. The maximum absolute atomic E-state index is 12.2. The smallest absolute Gasteiger partial charge is 0.282 e. The van der Waals surface area contributed by atoms with Crippen molar-refractivity contribution in [3.63, 3.8) is 0 Å². The van der Waals surface area contributed by atoms with Crippen molar-refractivity contribution in [1.29, 1.82) is 0 Å². The average molecular weight is 326 g/mol. The van der Waals surface area contributed by atoms with Crippen LogP contribution in [0.1, 0.15) is 15.9 Å². The maximum Gasteiger partial charge on any atom is 0.282 e. The van der Waals surface area contributed by atoms with E-state index in [0.29, 0.717) is 16.4 Å². The van der Waals surface area contributed by atoms with Gasteiger partial charge in [-0.15, -0.1) is 0 Å². The quantitative estimate of drug-likeness (QED) is 0.527. The summed E-state index contributed by atoms with van der Waals surface area (Å²) in [6.07, 6.45) is 1.36. The van der Waals surface area contributed by atoms with Gasteiger partial charge in [-0.3, -0.25) is 14.9 Å². The van der Waals surface area contributed by atoms with Crippen LogP contribution in [0.5, 0.6) is 0 Å². The zero-order valence-corrected chi connectivity index (χ0v) is 12.3. The maximum atomic E-state index is 12.2. The van der Waals surface area contributed by atoms with Crippen LogP contribution in [-0.4, -0.2) is 15.8 Å². The molecule has 2 rings (SSSR count). The van der Waals surface area contributed by atoms with Crippen LogP contribution in [0.15, 0.2) is 30.5 Å². The van der Waals surface area contributed by atoms with Gasteiger partial charge in [0.05, 0.1) is 16.8 Å². The Bertz CT molecular complexity index is 735. The lowest BCUT2D eigenvalue weighted by atomic mass is 10.1. The molecule has 0 saturated carbocycles. The van der Waals surface area contributed by atoms with E-state index >= 15 is 0 Å². The number of amides is 1. The van der Waals surface area contributed by atoms with E-state index < -0.39 is 10.8 Å². The Hall–Kier alpha value is -2.18. The first-order valence-electron chi connectivity index (χ1n) is 5.76. The second kappa shape index (κ2) is 6.07. The second-order valence-electron chi connectivity index (χ2n) is 4.20. The highest BCUT2D eigenvalue weighted by atomic mass is 35.5. The van der Waals surface area contributed by atoms with Crippen LogP contribution in [0.2, 0.25) is 10.2 Å². The number of halogens is 2. The first kappa shape index (κ1) is 15.2. The Morgan fingerprint density at radius 2 is 2.05 bits per heavy atom. The van der Waals surface area contributed by atoms with Gasteiger partial charge < -0.3 is 5.32 Å². The lowest BCUT2D eigenvalue weighted by Crippen LogP contribution is -2.14. The van der Waals surface area contributed by atoms with Gasteiger partial charge in [0.15, 0.2) is 0 Å². The molecule has 0 bridgehead atoms. The highest BCUT2D eigenvalue weighted by molar-refractivity contribution is 6.31. The summed E-state index contributed by atoms with van der Waals surface area (Å²) in [6, 6.07) is 5.39. The summed E-state index contributed by atoms with van der Waals surface area (Å²) >= 11 is 11.6. The first-order valence-corrected chi connectivity index (χ1v) is 6.51. The van der Waals surface area contributed by atoms with Crippen LogP contribution in [-0.2, 0) is 0 Å². The van der Waals surface area contributed by atoms with E-state index in [4.69, 9.17) is 23.2 Å². The largest absolute Gasteiger partial charge is 0.320 e. The molecule has 21 heavy (non-hydrogen) atoms. The molecule has 0 radical (unpaired) electrons. The molecule has 108 valence electrons. The molecule has 2 aromatic rings. The molecule has 0 aliphatic rings. The molecule has 0 fully saturated rings. The minimum Gasteiger partial charge on any atom is -0.320 e. The third-order valence-electron chi connectivity index (χ3n) is 2.67. The summed E-state index contributed by atoms with van der Waals surface area (Å²) in [4.78, 5) is 26.3. The van der Waals surface area contributed by atoms with Gasteiger partial charge in [0.1, 0.15) is 10.7 Å². The molecule has 0 aliphatic carbocycles. The molecule has 0 saturated heterocycles. The number of nitro benzene ring substituents is 1. The number of carbonyl (C=O) groups excluding carboxylic acids is 1. The van der Waals surface area contributed by atoms with Crippen molar-refractivity contribution in [3.8, 4) is 0 Å². The number of hydrogen-bond donors (Lipinski definition) is 1. The fourth-order valence-corrected chi connectivity index (χ4v) is 1.95. The molecule has 1 aromatic heterocycles. The van der Waals surface area contributed by atoms with Crippen molar-refractivity contribution in [3.05, 3.63) is 61.9 Å². The Balaban J connectivity index is 2.34. The van der Waals surface area contributed by atoms with Crippen LogP contribution >= 0.6 is 23.2 Å². The fraction of sp³-hybridized carbons (Fsp3) is 0.0769. The highest BCUT2D eigenvalue weighted by Crippen LogP contribution is 2.24. The summed E-state index contributed by atoms with van der Waals surface area (Å²) in [7, 11) is 0. The minimum absolute atomic E-state index is 0.125. The molecular weight excluding hydrogens is 317 g/mol. The van der Waals surface area contributed by atoms with Crippen LogP contribution in [0.25, 0.3) is 0 Å². The highest BCUT2D eigenvalue weighted by Gasteiger charge is 2.20. The van der Waals surface area contributed by atoms with Crippen molar-refractivity contribution in [2.24, 2.45) is 0 Å². The molecule has 8 heteroatoms. The summed E-state index contributed by atoms with van der Waals surface area (Å²) in [5.74, 6) is -0.646. The van der Waals surface area contributed by atoms with Gasteiger partial charge >= 0.3 is 0 Å². The van der Waals surface area contributed by atoms with Crippen molar-refractivity contribution < 1.29 is 9.72 Å². The van der Waals surface area contributed by atoms with E-state index in [9.17, 15) is 14.9 Å². The number of nitrogens with one attached hydrogen (secondary N) is 1. The number of benzene rings is 1. The number of rotatable bonds is 3. The third kappa shape index (κ3) is 3.48. The Labute approximate surface area is 129 Å². The van der Waals surface area contributed by atoms with E-state index in [1.54, 1.807) is 13.0 Å². The molecule has 1 aromatic carbocycles. The predicted molar refractivity (Wildman–Crippen MR) is 80.0 cm³/mol. The van der Waals surface area contributed by atoms with Gasteiger partial charge in [-0.2, -0.15) is 0 Å². The standard InChI is InChI=1S/C13H9Cl2N3O3/c1-7-4-9(6-16-12(7)15)17-13(19)10-5-8(14)2-3-11(10)18(20)21/h2-6H,1H3,(H,17,19). The third-order valence-corrected chi connectivity index (χ3v) is 3.30. The van der Waals surface area contributed by atoms with E-state index in [1.165, 1.54) is 24.4 Å². The summed E-state index contributed by atoms with van der Waals surface area (Å²) in [5, 5.41) is 14.0. The number of anilines is 1. The zero-order valence-electron chi connectivity index (χ0n) is 10.8. The number of hydrogen-bond acceptors (Lipinski definition) is 4. The summed E-state index contributed by atoms with van der Waals surface area (Å²) < 4.78 is 0. The van der Waals surface area contributed by atoms with Crippen LogP contribution in [0.3, 0.4) is 0 Å². The first-order chi connectivity index (χ1) is 9.88. The fourth-order valence-electron chi connectivity index (χ4n) is 1.67. The number of pyridine rings is 1. The average Bonchev–Trinajstić information content (AvgIpc) is 2.42. The summed E-state index contributed by atoms with van der Waals surface area (Å²) in [6.45, 7) is 1.73. The zero-order chi connectivity index (χ0) is 15.6. The van der Waals surface area contributed by atoms with Crippen LogP contribution < -0.4 is 5.32 Å². The Kier molecular flexibility index (Phi) is 4.40. The Morgan fingerprint density at radius 1 is 1.33 bits per heavy atom. The van der Waals surface area contributed by atoms with Gasteiger partial charge in [0.2, 0.25) is 0 Å². The molecule has 0 unspecified atom stereocenters. The Morgan fingerprint density at radius 3 is 2.67 bits per heavy atom. The predicted octanol–water partition coefficient (Wildman–Crippen LogP) is 3.86. The summed E-state index contributed by atoms with van der Waals surface area (Å²) in [5.41, 5.74) is 0.613. The van der Waals surface area contributed by atoms with Crippen molar-refractivity contribution >= 4 is 40.5 Å². The van der Waals surface area contributed by atoms with E-state index in [2.05, 4.69) is 10.3 Å².